The Morgan fingerprint density at radius 1 is 1.16 bits per heavy atom. The molecule has 172 valence electrons. The van der Waals surface area contributed by atoms with E-state index < -0.39 is 6.04 Å². The van der Waals surface area contributed by atoms with Crippen LogP contribution in [-0.4, -0.2) is 65.9 Å². The van der Waals surface area contributed by atoms with Crippen molar-refractivity contribution in [3.05, 3.63) is 35.4 Å². The quantitative estimate of drug-likeness (QED) is 0.622. The minimum Gasteiger partial charge on any atom is -0.340 e. The molecule has 4 amide bonds. The fraction of sp³-hybridized carbons (Fsp3) is 0.625. The first-order chi connectivity index (χ1) is 14.8. The maximum Gasteiger partial charge on any atom is 0.317 e. The van der Waals surface area contributed by atoms with E-state index in [9.17, 15) is 14.4 Å². The molecule has 1 fully saturated rings. The molecule has 0 radical (unpaired) electrons. The minimum atomic E-state index is -0.589. The van der Waals surface area contributed by atoms with Gasteiger partial charge in [-0.05, 0) is 37.8 Å². The van der Waals surface area contributed by atoms with Gasteiger partial charge in [0.1, 0.15) is 6.04 Å². The van der Waals surface area contributed by atoms with Gasteiger partial charge in [-0.25, -0.2) is 4.79 Å². The number of rotatable bonds is 8. The first kappa shape index (κ1) is 24.7. The van der Waals surface area contributed by atoms with Gasteiger partial charge in [0.15, 0.2) is 0 Å². The molecule has 1 aliphatic rings. The van der Waals surface area contributed by atoms with E-state index in [0.29, 0.717) is 31.7 Å². The summed E-state index contributed by atoms with van der Waals surface area (Å²) >= 11 is 0. The molecule has 7 nitrogen and oxygen atoms in total. The van der Waals surface area contributed by atoms with E-state index in [-0.39, 0.29) is 29.8 Å². The summed E-state index contributed by atoms with van der Waals surface area (Å²) in [6.07, 6.45) is 2.76. The molecule has 1 heterocycles. The van der Waals surface area contributed by atoms with Crippen LogP contribution < -0.4 is 10.6 Å². The summed E-state index contributed by atoms with van der Waals surface area (Å²) in [5.74, 6) is -0.293. The standard InChI is InChI=1S/C24H38N4O3/c1-6-8-13-25-24(31)28-15-14-27(16-19(28)5)23(30)21(17(3)7-2)26-22(29)20-12-10-9-11-18(20)4/h9-12,17,19,21H,6-8,13-16H2,1-5H3,(H,25,31)(H,26,29). The van der Waals surface area contributed by atoms with Crippen molar-refractivity contribution in [2.24, 2.45) is 5.92 Å². The van der Waals surface area contributed by atoms with Crippen molar-refractivity contribution in [3.63, 3.8) is 0 Å². The maximum absolute atomic E-state index is 13.4. The number of nitrogens with zero attached hydrogens (tertiary/aromatic N) is 2. The highest BCUT2D eigenvalue weighted by molar-refractivity contribution is 5.98. The molecule has 2 rings (SSSR count). The lowest BCUT2D eigenvalue weighted by Gasteiger charge is -2.41. The molecule has 3 atom stereocenters. The van der Waals surface area contributed by atoms with Crippen molar-refractivity contribution in [2.45, 2.75) is 66.0 Å². The minimum absolute atomic E-state index is 0.00569. The van der Waals surface area contributed by atoms with Gasteiger partial charge in [-0.1, -0.05) is 51.8 Å². The van der Waals surface area contributed by atoms with Crippen LogP contribution in [0.25, 0.3) is 0 Å². The molecule has 0 bridgehead atoms. The molecule has 0 aromatic heterocycles. The van der Waals surface area contributed by atoms with Crippen molar-refractivity contribution < 1.29 is 14.4 Å². The van der Waals surface area contributed by atoms with E-state index >= 15 is 0 Å². The van der Waals surface area contributed by atoms with Crippen molar-refractivity contribution in [3.8, 4) is 0 Å². The Hall–Kier alpha value is -2.57. The van der Waals surface area contributed by atoms with Crippen molar-refractivity contribution in [2.75, 3.05) is 26.2 Å². The molecule has 1 aliphatic heterocycles. The lowest BCUT2D eigenvalue weighted by atomic mass is 9.96. The summed E-state index contributed by atoms with van der Waals surface area (Å²) in [5.41, 5.74) is 1.47. The topological polar surface area (TPSA) is 81.8 Å². The zero-order chi connectivity index (χ0) is 23.0. The van der Waals surface area contributed by atoms with Crippen LogP contribution in [0.1, 0.15) is 62.9 Å². The summed E-state index contributed by atoms with van der Waals surface area (Å²) < 4.78 is 0. The third kappa shape index (κ3) is 6.45. The van der Waals surface area contributed by atoms with Crippen molar-refractivity contribution >= 4 is 17.8 Å². The summed E-state index contributed by atoms with van der Waals surface area (Å²) in [5, 5.41) is 5.94. The Morgan fingerprint density at radius 2 is 1.87 bits per heavy atom. The Bertz CT molecular complexity index is 767. The Labute approximate surface area is 186 Å². The molecular formula is C24H38N4O3. The monoisotopic (exact) mass is 430 g/mol. The smallest absolute Gasteiger partial charge is 0.317 e. The van der Waals surface area contributed by atoms with Gasteiger partial charge in [0, 0.05) is 37.8 Å². The third-order valence-corrected chi connectivity index (χ3v) is 6.16. The average molecular weight is 431 g/mol. The normalized spacial score (nSPS) is 18.3. The van der Waals surface area contributed by atoms with Crippen LogP contribution in [0.5, 0.6) is 0 Å². The number of piperazine rings is 1. The van der Waals surface area contributed by atoms with Crippen LogP contribution in [0.2, 0.25) is 0 Å². The van der Waals surface area contributed by atoms with E-state index in [1.165, 1.54) is 0 Å². The first-order valence-electron chi connectivity index (χ1n) is 11.5. The highest BCUT2D eigenvalue weighted by Crippen LogP contribution is 2.17. The number of amides is 4. The molecular weight excluding hydrogens is 392 g/mol. The SMILES string of the molecule is CCCCNC(=O)N1CCN(C(=O)C(NC(=O)c2ccccc2C)C(C)CC)CC1C. The van der Waals surface area contributed by atoms with Gasteiger partial charge in [-0.2, -0.15) is 0 Å². The van der Waals surface area contributed by atoms with Gasteiger partial charge >= 0.3 is 6.03 Å². The Kier molecular flexibility index (Phi) is 9.34. The second kappa shape index (κ2) is 11.7. The van der Waals surface area contributed by atoms with Gasteiger partial charge < -0.3 is 20.4 Å². The number of benzene rings is 1. The number of hydrogen-bond acceptors (Lipinski definition) is 3. The second-order valence-corrected chi connectivity index (χ2v) is 8.56. The van der Waals surface area contributed by atoms with Gasteiger partial charge in [0.05, 0.1) is 0 Å². The number of unbranched alkanes of at least 4 members (excludes halogenated alkanes) is 1. The largest absolute Gasteiger partial charge is 0.340 e. The number of aryl methyl sites for hydroxylation is 1. The number of carbonyl (C=O) groups is 3. The van der Waals surface area contributed by atoms with Gasteiger partial charge in [-0.3, -0.25) is 9.59 Å². The molecule has 7 heteroatoms. The summed E-state index contributed by atoms with van der Waals surface area (Å²) in [4.78, 5) is 42.3. The van der Waals surface area contributed by atoms with Crippen molar-refractivity contribution in [1.82, 2.24) is 20.4 Å². The van der Waals surface area contributed by atoms with Crippen LogP contribution >= 0.6 is 0 Å². The van der Waals surface area contributed by atoms with E-state index in [0.717, 1.165) is 24.8 Å². The fourth-order valence-electron chi connectivity index (χ4n) is 3.86. The molecule has 31 heavy (non-hydrogen) atoms. The van der Waals surface area contributed by atoms with E-state index in [4.69, 9.17) is 0 Å². The van der Waals surface area contributed by atoms with Gasteiger partial charge in [0.25, 0.3) is 5.91 Å². The molecule has 1 aromatic rings. The van der Waals surface area contributed by atoms with Crippen LogP contribution in [-0.2, 0) is 4.79 Å². The van der Waals surface area contributed by atoms with Crippen LogP contribution in [0, 0.1) is 12.8 Å². The van der Waals surface area contributed by atoms with E-state index in [1.807, 2.05) is 45.9 Å². The van der Waals surface area contributed by atoms with Gasteiger partial charge in [-0.15, -0.1) is 0 Å². The molecule has 1 saturated heterocycles. The lowest BCUT2D eigenvalue weighted by Crippen LogP contribution is -2.61. The summed E-state index contributed by atoms with van der Waals surface area (Å²) in [6.45, 7) is 12.0. The van der Waals surface area contributed by atoms with E-state index in [1.54, 1.807) is 15.9 Å². The molecule has 0 saturated carbocycles. The molecule has 2 N–H and O–H groups in total. The predicted molar refractivity (Wildman–Crippen MR) is 123 cm³/mol. The van der Waals surface area contributed by atoms with Crippen LogP contribution in [0.4, 0.5) is 4.79 Å². The summed E-state index contributed by atoms with van der Waals surface area (Å²) in [7, 11) is 0. The zero-order valence-corrected chi connectivity index (χ0v) is 19.6. The highest BCUT2D eigenvalue weighted by atomic mass is 16.2. The molecule has 0 spiro atoms. The van der Waals surface area contributed by atoms with Crippen LogP contribution in [0.3, 0.4) is 0 Å². The average Bonchev–Trinajstić information content (AvgIpc) is 2.76. The number of nitrogens with one attached hydrogen (secondary N) is 2. The molecule has 1 aromatic carbocycles. The van der Waals surface area contributed by atoms with Crippen LogP contribution in [0.15, 0.2) is 24.3 Å². The highest BCUT2D eigenvalue weighted by Gasteiger charge is 2.35. The molecule has 3 unspecified atom stereocenters. The Balaban J connectivity index is 2.05. The molecule has 0 aliphatic carbocycles. The predicted octanol–water partition coefficient (Wildman–Crippen LogP) is 3.18. The van der Waals surface area contributed by atoms with Gasteiger partial charge in [0.2, 0.25) is 5.91 Å². The first-order valence-corrected chi connectivity index (χ1v) is 11.5. The fourth-order valence-corrected chi connectivity index (χ4v) is 3.86. The second-order valence-electron chi connectivity index (χ2n) is 8.56. The van der Waals surface area contributed by atoms with Crippen molar-refractivity contribution in [1.29, 1.82) is 0 Å². The number of urea groups is 1. The maximum atomic E-state index is 13.4. The Morgan fingerprint density at radius 3 is 2.48 bits per heavy atom. The number of hydrogen-bond donors (Lipinski definition) is 2. The lowest BCUT2D eigenvalue weighted by molar-refractivity contribution is -0.136. The van der Waals surface area contributed by atoms with E-state index in [2.05, 4.69) is 17.6 Å². The number of carbonyl (C=O) groups excluding carboxylic acids is 3. The third-order valence-electron chi connectivity index (χ3n) is 6.16. The summed E-state index contributed by atoms with van der Waals surface area (Å²) in [6, 6.07) is 6.65. The zero-order valence-electron chi connectivity index (χ0n) is 19.6.